The average Bonchev–Trinajstić information content (AvgIpc) is 3.18. The third-order valence-corrected chi connectivity index (χ3v) is 5.66. The molecule has 6 nitrogen and oxygen atoms in total. The number of anilines is 1. The third-order valence-electron chi connectivity index (χ3n) is 5.66. The van der Waals surface area contributed by atoms with E-state index in [0.29, 0.717) is 37.3 Å². The van der Waals surface area contributed by atoms with E-state index in [0.717, 1.165) is 5.56 Å². The standard InChI is InChI=1S/C23H22F3N3O3/c1-15-28-20(21(32-15)23(24,25)26)18(30)13-16-7-8-19(27-14-16)29-11-9-22(31,10-12-29)17-5-3-2-4-6-17/h2-8,14,31H,9-13H2,1H3. The summed E-state index contributed by atoms with van der Waals surface area (Å²) in [5.74, 6) is -1.68. The van der Waals surface area contributed by atoms with Crippen LogP contribution in [0.3, 0.4) is 0 Å². The number of carbonyl (C=O) groups excluding carboxylic acids is 1. The lowest BCUT2D eigenvalue weighted by atomic mass is 9.84. The molecule has 32 heavy (non-hydrogen) atoms. The molecule has 0 atom stereocenters. The third kappa shape index (κ3) is 4.52. The van der Waals surface area contributed by atoms with Gasteiger partial charge in [0.15, 0.2) is 17.4 Å². The lowest BCUT2D eigenvalue weighted by Crippen LogP contribution is -2.42. The van der Waals surface area contributed by atoms with Crippen molar-refractivity contribution in [3.63, 3.8) is 0 Å². The number of Topliss-reactive ketones (excluding diaryl/α,β-unsaturated/α-hetero) is 1. The highest BCUT2D eigenvalue weighted by molar-refractivity contribution is 5.96. The van der Waals surface area contributed by atoms with Crippen molar-refractivity contribution in [3.05, 3.63) is 77.1 Å². The smallest absolute Gasteiger partial charge is 0.436 e. The van der Waals surface area contributed by atoms with E-state index in [2.05, 4.69) is 14.4 Å². The van der Waals surface area contributed by atoms with Gasteiger partial charge in [0, 0.05) is 32.6 Å². The van der Waals surface area contributed by atoms with Crippen molar-refractivity contribution in [3.8, 4) is 0 Å². The molecule has 0 bridgehead atoms. The molecular formula is C23H22F3N3O3. The SMILES string of the molecule is Cc1nc(C(=O)Cc2ccc(N3CCC(O)(c4ccccc4)CC3)nc2)c(C(F)(F)F)o1. The summed E-state index contributed by atoms with van der Waals surface area (Å²) < 4.78 is 43.8. The largest absolute Gasteiger partial charge is 0.452 e. The van der Waals surface area contributed by atoms with Crippen LogP contribution in [0.25, 0.3) is 0 Å². The number of hydrogen-bond acceptors (Lipinski definition) is 6. The Kier molecular flexibility index (Phi) is 5.77. The van der Waals surface area contributed by atoms with Crippen LogP contribution in [-0.4, -0.2) is 33.9 Å². The topological polar surface area (TPSA) is 79.5 Å². The molecule has 0 spiro atoms. The first-order valence-electron chi connectivity index (χ1n) is 10.2. The number of ketones is 1. The molecule has 168 valence electrons. The number of benzene rings is 1. The van der Waals surface area contributed by atoms with E-state index in [1.54, 1.807) is 12.1 Å². The van der Waals surface area contributed by atoms with Crippen molar-refractivity contribution in [2.75, 3.05) is 18.0 Å². The number of pyridine rings is 1. The van der Waals surface area contributed by atoms with Crippen molar-refractivity contribution in [2.45, 2.75) is 38.0 Å². The molecule has 9 heteroatoms. The summed E-state index contributed by atoms with van der Waals surface area (Å²) in [6, 6.07) is 12.9. The first-order valence-corrected chi connectivity index (χ1v) is 10.2. The molecule has 3 heterocycles. The fraction of sp³-hybridized carbons (Fsp3) is 0.348. The minimum Gasteiger partial charge on any atom is -0.436 e. The summed E-state index contributed by atoms with van der Waals surface area (Å²) in [6.45, 7) is 2.47. The van der Waals surface area contributed by atoms with Gasteiger partial charge in [-0.2, -0.15) is 13.2 Å². The number of aromatic nitrogens is 2. The Bertz CT molecular complexity index is 1090. The molecule has 2 aromatic heterocycles. The summed E-state index contributed by atoms with van der Waals surface area (Å²) in [7, 11) is 0. The minimum atomic E-state index is -4.79. The molecule has 1 N–H and O–H groups in total. The van der Waals surface area contributed by atoms with Gasteiger partial charge in [0.2, 0.25) is 5.76 Å². The van der Waals surface area contributed by atoms with E-state index < -0.39 is 29.0 Å². The molecule has 1 aliphatic heterocycles. The quantitative estimate of drug-likeness (QED) is 0.590. The van der Waals surface area contributed by atoms with Gasteiger partial charge < -0.3 is 14.4 Å². The second-order valence-corrected chi connectivity index (χ2v) is 7.92. The summed E-state index contributed by atoms with van der Waals surface area (Å²) in [5.41, 5.74) is -0.223. The lowest BCUT2D eigenvalue weighted by molar-refractivity contribution is -0.153. The van der Waals surface area contributed by atoms with Crippen LogP contribution >= 0.6 is 0 Å². The number of alkyl halides is 3. The number of halogens is 3. The first kappa shape index (κ1) is 22.0. The van der Waals surface area contributed by atoms with E-state index in [4.69, 9.17) is 0 Å². The Morgan fingerprint density at radius 2 is 1.84 bits per heavy atom. The van der Waals surface area contributed by atoms with Crippen LogP contribution < -0.4 is 4.90 Å². The van der Waals surface area contributed by atoms with E-state index in [1.165, 1.54) is 13.1 Å². The molecule has 1 aromatic carbocycles. The molecule has 4 rings (SSSR count). The molecule has 0 aliphatic carbocycles. The highest BCUT2D eigenvalue weighted by Crippen LogP contribution is 2.35. The Morgan fingerprint density at radius 1 is 1.16 bits per heavy atom. The van der Waals surface area contributed by atoms with Crippen molar-refractivity contribution in [1.82, 2.24) is 9.97 Å². The van der Waals surface area contributed by atoms with Crippen molar-refractivity contribution >= 4 is 11.6 Å². The summed E-state index contributed by atoms with van der Waals surface area (Å²) in [6.07, 6.45) is -2.48. The Morgan fingerprint density at radius 3 is 2.44 bits per heavy atom. The van der Waals surface area contributed by atoms with Crippen LogP contribution in [0.4, 0.5) is 19.0 Å². The number of aliphatic hydroxyl groups is 1. The maximum atomic E-state index is 13.1. The highest BCUT2D eigenvalue weighted by atomic mass is 19.4. The highest BCUT2D eigenvalue weighted by Gasteiger charge is 2.41. The van der Waals surface area contributed by atoms with Crippen LogP contribution in [0.1, 0.15) is 46.1 Å². The number of carbonyl (C=O) groups is 1. The molecule has 0 unspecified atom stereocenters. The van der Waals surface area contributed by atoms with Gasteiger partial charge in [0.05, 0.1) is 5.60 Å². The van der Waals surface area contributed by atoms with Gasteiger partial charge in [-0.25, -0.2) is 9.97 Å². The van der Waals surface area contributed by atoms with Gasteiger partial charge in [-0.1, -0.05) is 36.4 Å². The number of oxazole rings is 1. The van der Waals surface area contributed by atoms with Crippen molar-refractivity contribution in [2.24, 2.45) is 0 Å². The number of piperidine rings is 1. The van der Waals surface area contributed by atoms with Crippen LogP contribution in [0.5, 0.6) is 0 Å². The van der Waals surface area contributed by atoms with Gasteiger partial charge >= 0.3 is 6.18 Å². The van der Waals surface area contributed by atoms with Gasteiger partial charge in [-0.15, -0.1) is 0 Å². The van der Waals surface area contributed by atoms with Crippen molar-refractivity contribution < 1.29 is 27.5 Å². The fourth-order valence-electron chi connectivity index (χ4n) is 3.93. The summed E-state index contributed by atoms with van der Waals surface area (Å²) in [4.78, 5) is 22.4. The molecule has 0 amide bonds. The average molecular weight is 445 g/mol. The van der Waals surface area contributed by atoms with E-state index in [1.807, 2.05) is 35.2 Å². The summed E-state index contributed by atoms with van der Waals surface area (Å²) in [5, 5.41) is 11.0. The van der Waals surface area contributed by atoms with Crippen LogP contribution in [0.15, 0.2) is 53.1 Å². The molecule has 1 fully saturated rings. The molecule has 1 aliphatic rings. The van der Waals surface area contributed by atoms with Crippen molar-refractivity contribution in [1.29, 1.82) is 0 Å². The maximum absolute atomic E-state index is 13.1. The molecular weight excluding hydrogens is 423 g/mol. The minimum absolute atomic E-state index is 0.213. The van der Waals surface area contributed by atoms with Crippen LogP contribution in [0.2, 0.25) is 0 Å². The zero-order chi connectivity index (χ0) is 22.9. The van der Waals surface area contributed by atoms with E-state index in [-0.39, 0.29) is 12.3 Å². The van der Waals surface area contributed by atoms with Crippen LogP contribution in [0, 0.1) is 6.92 Å². The Labute approximate surface area is 182 Å². The number of aryl methyl sites for hydroxylation is 1. The number of rotatable bonds is 5. The van der Waals surface area contributed by atoms with Gasteiger partial charge in [-0.05, 0) is 30.0 Å². The monoisotopic (exact) mass is 445 g/mol. The Hall–Kier alpha value is -3.20. The number of nitrogens with zero attached hydrogens (tertiary/aromatic N) is 3. The Balaban J connectivity index is 1.41. The second-order valence-electron chi connectivity index (χ2n) is 7.92. The second kappa shape index (κ2) is 8.38. The maximum Gasteiger partial charge on any atom is 0.452 e. The lowest BCUT2D eigenvalue weighted by Gasteiger charge is -2.39. The predicted molar refractivity (Wildman–Crippen MR) is 110 cm³/mol. The zero-order valence-corrected chi connectivity index (χ0v) is 17.4. The normalized spacial score (nSPS) is 16.2. The number of hydrogen-bond donors (Lipinski definition) is 1. The molecule has 0 saturated carbocycles. The van der Waals surface area contributed by atoms with Crippen LogP contribution in [-0.2, 0) is 18.2 Å². The van der Waals surface area contributed by atoms with E-state index >= 15 is 0 Å². The van der Waals surface area contributed by atoms with Gasteiger partial charge in [-0.3, -0.25) is 4.79 Å². The van der Waals surface area contributed by atoms with Gasteiger partial charge in [0.25, 0.3) is 0 Å². The molecule has 0 radical (unpaired) electrons. The molecule has 1 saturated heterocycles. The predicted octanol–water partition coefficient (Wildman–Crippen LogP) is 4.31. The fourth-order valence-corrected chi connectivity index (χ4v) is 3.93. The molecule has 3 aromatic rings. The van der Waals surface area contributed by atoms with Gasteiger partial charge in [0.1, 0.15) is 5.82 Å². The van der Waals surface area contributed by atoms with E-state index in [9.17, 15) is 23.1 Å². The summed E-state index contributed by atoms with van der Waals surface area (Å²) >= 11 is 0. The zero-order valence-electron chi connectivity index (χ0n) is 17.4. The first-order chi connectivity index (χ1) is 15.2.